The minimum atomic E-state index is -3.73. The molecule has 3 aromatic rings. The van der Waals surface area contributed by atoms with Gasteiger partial charge < -0.3 is 29.0 Å². The number of alkyl halides is 2. The molecule has 1 heterocycles. The second-order valence-electron chi connectivity index (χ2n) is 11.3. The molecule has 1 aliphatic carbocycles. The largest absolute Gasteiger partial charge is 0.586 e. The lowest BCUT2D eigenvalue weighted by atomic mass is 9.84. The Labute approximate surface area is 261 Å². The maximum absolute atomic E-state index is 14.0. The van der Waals surface area contributed by atoms with Crippen molar-refractivity contribution >= 4 is 29.3 Å². The molecule has 1 N–H and O–H groups in total. The zero-order chi connectivity index (χ0) is 31.3. The van der Waals surface area contributed by atoms with Crippen LogP contribution in [0.5, 0.6) is 17.2 Å². The van der Waals surface area contributed by atoms with E-state index in [1.165, 1.54) is 7.11 Å². The van der Waals surface area contributed by atoms with E-state index in [1.54, 1.807) is 37.4 Å². The van der Waals surface area contributed by atoms with E-state index in [0.29, 0.717) is 56.0 Å². The lowest BCUT2D eigenvalue weighted by Gasteiger charge is -2.33. The summed E-state index contributed by atoms with van der Waals surface area (Å²) in [6, 6.07) is 18.1. The summed E-state index contributed by atoms with van der Waals surface area (Å²) in [5, 5.41) is 3.95. The summed E-state index contributed by atoms with van der Waals surface area (Å²) in [5.74, 6) is 0.457. The summed E-state index contributed by atoms with van der Waals surface area (Å²) >= 11 is 6.26. The van der Waals surface area contributed by atoms with Crippen molar-refractivity contribution in [1.82, 2.24) is 0 Å². The molecule has 44 heavy (non-hydrogen) atoms. The molecule has 1 aliphatic heterocycles. The molecule has 2 aliphatic rings. The smallest absolute Gasteiger partial charge is 0.497 e. The molecule has 0 spiro atoms. The summed E-state index contributed by atoms with van der Waals surface area (Å²) in [5.41, 5.74) is 3.16. The van der Waals surface area contributed by atoms with Gasteiger partial charge in [0, 0.05) is 17.3 Å². The first-order chi connectivity index (χ1) is 21.1. The number of anilines is 1. The molecular formula is C34H36ClF2NO6. The molecule has 2 atom stereocenters. The summed E-state index contributed by atoms with van der Waals surface area (Å²) < 4.78 is 54.0. The van der Waals surface area contributed by atoms with Crippen LogP contribution in [-0.4, -0.2) is 38.6 Å². The molecule has 0 bridgehead atoms. The number of aryl methyl sites for hydroxylation is 1. The second-order valence-corrected chi connectivity index (χ2v) is 11.8. The van der Waals surface area contributed by atoms with Crippen LogP contribution >= 0.6 is 11.6 Å². The number of carbonyl (C=O) groups excluding carboxylic acids is 1. The van der Waals surface area contributed by atoms with Gasteiger partial charge in [0.25, 0.3) is 0 Å². The average Bonchev–Trinajstić information content (AvgIpc) is 3.33. The van der Waals surface area contributed by atoms with Crippen LogP contribution in [0.4, 0.5) is 14.5 Å². The van der Waals surface area contributed by atoms with Crippen LogP contribution < -0.4 is 19.5 Å². The first-order valence-electron chi connectivity index (χ1n) is 14.5. The highest BCUT2D eigenvalue weighted by atomic mass is 35.5. The van der Waals surface area contributed by atoms with Crippen molar-refractivity contribution in [3.63, 3.8) is 0 Å². The maximum atomic E-state index is 14.0. The van der Waals surface area contributed by atoms with Crippen LogP contribution in [0.15, 0.2) is 66.2 Å². The third-order valence-electron chi connectivity index (χ3n) is 7.94. The Morgan fingerprint density at radius 3 is 2.45 bits per heavy atom. The highest BCUT2D eigenvalue weighted by Crippen LogP contribution is 2.44. The minimum Gasteiger partial charge on any atom is -0.497 e. The van der Waals surface area contributed by atoms with Crippen LogP contribution in [-0.2, 0) is 27.3 Å². The van der Waals surface area contributed by atoms with Gasteiger partial charge in [-0.1, -0.05) is 48.4 Å². The molecular weight excluding hydrogens is 592 g/mol. The van der Waals surface area contributed by atoms with E-state index < -0.39 is 17.8 Å². The molecule has 3 aromatic carbocycles. The van der Waals surface area contributed by atoms with Gasteiger partial charge in [-0.15, -0.1) is 8.78 Å². The zero-order valence-corrected chi connectivity index (χ0v) is 25.7. The molecule has 7 nitrogen and oxygen atoms in total. The van der Waals surface area contributed by atoms with Gasteiger partial charge in [0.05, 0.1) is 20.8 Å². The van der Waals surface area contributed by atoms with E-state index in [2.05, 4.69) is 12.2 Å². The molecule has 0 fully saturated rings. The topological polar surface area (TPSA) is 75.3 Å². The molecule has 0 aromatic heterocycles. The highest BCUT2D eigenvalue weighted by molar-refractivity contribution is 6.30. The predicted molar refractivity (Wildman–Crippen MR) is 164 cm³/mol. The van der Waals surface area contributed by atoms with E-state index in [-0.39, 0.29) is 17.4 Å². The third kappa shape index (κ3) is 7.63. The molecule has 0 saturated carbocycles. The number of carbonyl (C=O) groups is 1. The fourth-order valence-corrected chi connectivity index (χ4v) is 5.92. The first kappa shape index (κ1) is 31.6. The van der Waals surface area contributed by atoms with Crippen molar-refractivity contribution in [2.45, 2.75) is 57.5 Å². The Kier molecular flexibility index (Phi) is 9.65. The molecule has 0 radical (unpaired) electrons. The van der Waals surface area contributed by atoms with Crippen LogP contribution in [0.25, 0.3) is 6.08 Å². The van der Waals surface area contributed by atoms with Gasteiger partial charge >= 0.3 is 12.3 Å². The van der Waals surface area contributed by atoms with Gasteiger partial charge in [-0.3, -0.25) is 0 Å². The number of hydrogen-bond donors (Lipinski definition) is 1. The summed E-state index contributed by atoms with van der Waals surface area (Å²) in [6.07, 6.45) is 0.678. The Balaban J connectivity index is 1.41. The summed E-state index contributed by atoms with van der Waals surface area (Å²) in [7, 11) is 2.99. The number of allylic oxidation sites excluding steroid dienone is 1. The minimum absolute atomic E-state index is 0.0178. The number of methoxy groups -OCH3 is 2. The lowest BCUT2D eigenvalue weighted by molar-refractivity contribution is -0.286. The molecule has 234 valence electrons. The van der Waals surface area contributed by atoms with Gasteiger partial charge in [-0.2, -0.15) is 0 Å². The van der Waals surface area contributed by atoms with Gasteiger partial charge in [-0.25, -0.2) is 4.79 Å². The van der Waals surface area contributed by atoms with Gasteiger partial charge in [-0.05, 0) is 97.2 Å². The number of hydrogen-bond acceptors (Lipinski definition) is 7. The Morgan fingerprint density at radius 1 is 1.02 bits per heavy atom. The fraction of sp³-hybridized carbons (Fsp3) is 0.382. The van der Waals surface area contributed by atoms with Gasteiger partial charge in [0.2, 0.25) is 0 Å². The van der Waals surface area contributed by atoms with Crippen molar-refractivity contribution < 1.29 is 37.3 Å². The molecule has 5 rings (SSSR count). The highest BCUT2D eigenvalue weighted by Gasteiger charge is 2.44. The zero-order valence-electron chi connectivity index (χ0n) is 25.0. The molecule has 0 saturated heterocycles. The first-order valence-corrected chi connectivity index (χ1v) is 14.9. The number of rotatable bonds is 10. The summed E-state index contributed by atoms with van der Waals surface area (Å²) in [6.45, 7) is 3.07. The number of halogens is 3. The van der Waals surface area contributed by atoms with Gasteiger partial charge in [0.15, 0.2) is 11.5 Å². The van der Waals surface area contributed by atoms with E-state index >= 15 is 0 Å². The Bertz CT molecular complexity index is 1510. The van der Waals surface area contributed by atoms with Crippen molar-refractivity contribution in [3.8, 4) is 17.2 Å². The lowest BCUT2D eigenvalue weighted by Crippen LogP contribution is -2.47. The summed E-state index contributed by atoms with van der Waals surface area (Å²) in [4.78, 5) is 13.5. The van der Waals surface area contributed by atoms with Crippen LogP contribution in [0.1, 0.15) is 49.3 Å². The monoisotopic (exact) mass is 627 g/mol. The number of fused-ring (bicyclic) bond motifs is 2. The quantitative estimate of drug-likeness (QED) is 0.228. The SMILES string of the molecule is COC(=O)[C@]1(Nc2cccc(Cl)c2)CC/C(C[C@@H](C)COCc2ccc(OC)cc2)=C\c2cc3c(cc2CC1)OC(F)(F)O3. The fourth-order valence-electron chi connectivity index (χ4n) is 5.73. The van der Waals surface area contributed by atoms with Crippen molar-refractivity contribution in [2.75, 3.05) is 26.1 Å². The van der Waals surface area contributed by atoms with Crippen molar-refractivity contribution in [2.24, 2.45) is 5.92 Å². The number of esters is 1. The van der Waals surface area contributed by atoms with E-state index in [1.807, 2.05) is 36.4 Å². The van der Waals surface area contributed by atoms with Crippen LogP contribution in [0.3, 0.4) is 0 Å². The predicted octanol–water partition coefficient (Wildman–Crippen LogP) is 8.05. The number of ether oxygens (including phenoxy) is 5. The van der Waals surface area contributed by atoms with E-state index in [4.69, 9.17) is 35.3 Å². The average molecular weight is 628 g/mol. The molecule has 0 amide bonds. The van der Waals surface area contributed by atoms with Crippen molar-refractivity contribution in [1.29, 1.82) is 0 Å². The molecule has 0 unspecified atom stereocenters. The molecule has 10 heteroatoms. The Hall–Kier alpha value is -3.82. The third-order valence-corrected chi connectivity index (χ3v) is 8.18. The normalized spacial score (nSPS) is 20.6. The number of benzene rings is 3. The van der Waals surface area contributed by atoms with Crippen molar-refractivity contribution in [3.05, 3.63) is 87.9 Å². The van der Waals surface area contributed by atoms with E-state index in [9.17, 15) is 13.6 Å². The van der Waals surface area contributed by atoms with E-state index in [0.717, 1.165) is 28.0 Å². The standard InChI is InChI=1S/C34H36ClF2NO6/c1-22(20-42-21-23-7-9-29(40-2)10-8-23)15-24-11-13-33(32(39)41-3,38-28-6-4-5-27(35)19-28)14-12-25-17-30-31(18-26(25)16-24)44-34(36,37)43-30/h4-10,16-19,22,38H,11-15,20-21H2,1-3H3/b24-16+/t22-,33+/m1/s1. The Morgan fingerprint density at radius 2 is 1.75 bits per heavy atom. The number of nitrogens with one attached hydrogen (secondary N) is 1. The van der Waals surface area contributed by atoms with Gasteiger partial charge in [0.1, 0.15) is 11.3 Å². The maximum Gasteiger partial charge on any atom is 0.586 e. The van der Waals surface area contributed by atoms with Crippen LogP contribution in [0.2, 0.25) is 5.02 Å². The second kappa shape index (κ2) is 13.4. The van der Waals surface area contributed by atoms with Crippen LogP contribution in [0, 0.1) is 5.92 Å².